The molecule has 0 aromatic heterocycles. The molecule has 0 bridgehead atoms. The molecule has 1 amide bonds. The van der Waals surface area contributed by atoms with Crippen LogP contribution >= 0.6 is 0 Å². The minimum Gasteiger partial charge on any atom is -0.447 e. The van der Waals surface area contributed by atoms with E-state index in [1.165, 1.54) is 0 Å². The highest BCUT2D eigenvalue weighted by Gasteiger charge is 2.26. The van der Waals surface area contributed by atoms with Crippen LogP contribution in [-0.2, 0) is 9.53 Å². The fourth-order valence-corrected chi connectivity index (χ4v) is 1.63. The normalized spacial score (nSPS) is 18.8. The van der Waals surface area contributed by atoms with E-state index in [1.54, 1.807) is 11.1 Å². The van der Waals surface area contributed by atoms with Crippen LogP contribution in [-0.4, -0.2) is 55.0 Å². The summed E-state index contributed by atoms with van der Waals surface area (Å²) in [5.74, 6) is 0.104. The van der Waals surface area contributed by atoms with Crippen LogP contribution in [0, 0.1) is 0 Å². The number of rotatable bonds is 2. The number of hydrogen-bond acceptors (Lipinski definition) is 4. The zero-order chi connectivity index (χ0) is 13.0. The van der Waals surface area contributed by atoms with E-state index in [0.29, 0.717) is 25.1 Å². The number of piperidine rings is 1. The lowest BCUT2D eigenvalue weighted by molar-refractivity contribution is -0.117. The van der Waals surface area contributed by atoms with Crippen LogP contribution in [0.3, 0.4) is 0 Å². The van der Waals surface area contributed by atoms with Crippen molar-refractivity contribution >= 4 is 11.9 Å². The smallest absolute Gasteiger partial charge is 0.410 e. The number of carbonyl (C=O) groups is 2. The Bertz CT molecular complexity index is 335. The van der Waals surface area contributed by atoms with E-state index >= 15 is 0 Å². The van der Waals surface area contributed by atoms with E-state index in [4.69, 9.17) is 4.74 Å². The quantitative estimate of drug-likeness (QED) is 0.682. The molecule has 0 unspecified atom stereocenters. The zero-order valence-corrected chi connectivity index (χ0v) is 10.9. The Kier molecular flexibility index (Phi) is 4.54. The molecule has 1 fully saturated rings. The molecule has 1 aliphatic heterocycles. The van der Waals surface area contributed by atoms with Crippen LogP contribution in [0.5, 0.6) is 0 Å². The maximum atomic E-state index is 11.7. The van der Waals surface area contributed by atoms with Gasteiger partial charge in [-0.2, -0.15) is 0 Å². The van der Waals surface area contributed by atoms with Crippen molar-refractivity contribution in [3.05, 3.63) is 11.8 Å². The van der Waals surface area contributed by atoms with Crippen LogP contribution in [0.15, 0.2) is 11.8 Å². The molecule has 96 valence electrons. The van der Waals surface area contributed by atoms with E-state index in [0.717, 1.165) is 0 Å². The van der Waals surface area contributed by atoms with Crippen molar-refractivity contribution < 1.29 is 14.3 Å². The molecule has 0 aromatic carbocycles. The van der Waals surface area contributed by atoms with Gasteiger partial charge in [-0.3, -0.25) is 4.79 Å². The summed E-state index contributed by atoms with van der Waals surface area (Å²) >= 11 is 0. The van der Waals surface area contributed by atoms with Crippen molar-refractivity contribution in [2.24, 2.45) is 0 Å². The maximum Gasteiger partial charge on any atom is 0.410 e. The van der Waals surface area contributed by atoms with Gasteiger partial charge >= 0.3 is 6.09 Å². The van der Waals surface area contributed by atoms with Gasteiger partial charge in [-0.15, -0.1) is 0 Å². The number of Topliss-reactive ketones (excluding diaryl/α,β-unsaturated/α-hetero) is 1. The molecule has 0 saturated carbocycles. The zero-order valence-electron chi connectivity index (χ0n) is 10.9. The third-order valence-corrected chi connectivity index (χ3v) is 2.34. The molecule has 0 aromatic rings. The summed E-state index contributed by atoms with van der Waals surface area (Å²) in [5.41, 5.74) is 0.655. The Labute approximate surface area is 102 Å². The molecule has 1 saturated heterocycles. The Hall–Kier alpha value is -1.52. The minimum absolute atomic E-state index is 0.104. The second-order valence-corrected chi connectivity index (χ2v) is 4.65. The van der Waals surface area contributed by atoms with E-state index < -0.39 is 0 Å². The van der Waals surface area contributed by atoms with Crippen LogP contribution < -0.4 is 0 Å². The predicted molar refractivity (Wildman–Crippen MR) is 64.6 cm³/mol. The lowest BCUT2D eigenvalue weighted by Gasteiger charge is -2.28. The highest BCUT2D eigenvalue weighted by Crippen LogP contribution is 2.14. The van der Waals surface area contributed by atoms with Gasteiger partial charge in [-0.05, 0) is 13.8 Å². The summed E-state index contributed by atoms with van der Waals surface area (Å²) in [6.07, 6.45) is 1.64. The van der Waals surface area contributed by atoms with E-state index in [-0.39, 0.29) is 18.0 Å². The van der Waals surface area contributed by atoms with Gasteiger partial charge in [0.1, 0.15) is 0 Å². The van der Waals surface area contributed by atoms with Crippen LogP contribution in [0.4, 0.5) is 4.79 Å². The van der Waals surface area contributed by atoms with Gasteiger partial charge in [-0.1, -0.05) is 0 Å². The fourth-order valence-electron chi connectivity index (χ4n) is 1.63. The molecule has 1 rings (SSSR count). The monoisotopic (exact) mass is 240 g/mol. The van der Waals surface area contributed by atoms with E-state index in [9.17, 15) is 9.59 Å². The average Bonchev–Trinajstić information content (AvgIpc) is 2.19. The number of ketones is 1. The van der Waals surface area contributed by atoms with Crippen molar-refractivity contribution in [2.75, 3.05) is 27.2 Å². The highest BCUT2D eigenvalue weighted by molar-refractivity contribution is 5.97. The van der Waals surface area contributed by atoms with Crippen LogP contribution in [0.25, 0.3) is 0 Å². The van der Waals surface area contributed by atoms with Crippen LogP contribution in [0.1, 0.15) is 20.3 Å². The highest BCUT2D eigenvalue weighted by atomic mass is 16.6. The third-order valence-electron chi connectivity index (χ3n) is 2.34. The molecule has 0 atom stereocenters. The molecule has 1 heterocycles. The first-order chi connectivity index (χ1) is 7.90. The van der Waals surface area contributed by atoms with E-state index in [1.807, 2.05) is 32.8 Å². The summed E-state index contributed by atoms with van der Waals surface area (Å²) < 4.78 is 5.11. The van der Waals surface area contributed by atoms with E-state index in [2.05, 4.69) is 0 Å². The SMILES string of the molecule is CC(C)OC(=O)N1CCC(=O)/C(=C\N(C)C)C1. The maximum absolute atomic E-state index is 11.7. The second-order valence-electron chi connectivity index (χ2n) is 4.65. The number of carbonyl (C=O) groups excluding carboxylic acids is 2. The standard InChI is InChI=1S/C12H20N2O3/c1-9(2)17-12(16)14-6-5-11(15)10(8-14)7-13(3)4/h7,9H,5-6,8H2,1-4H3/b10-7-. The van der Waals surface area contributed by atoms with Gasteiger partial charge in [0.15, 0.2) is 5.78 Å². The van der Waals surface area contributed by atoms with Gasteiger partial charge in [0.25, 0.3) is 0 Å². The third kappa shape index (κ3) is 4.09. The summed E-state index contributed by atoms with van der Waals surface area (Å²) in [5, 5.41) is 0. The summed E-state index contributed by atoms with van der Waals surface area (Å²) in [6.45, 7) is 4.39. The minimum atomic E-state index is -0.350. The van der Waals surface area contributed by atoms with Gasteiger partial charge in [0.2, 0.25) is 0 Å². The Balaban J connectivity index is 2.67. The average molecular weight is 240 g/mol. The predicted octanol–water partition coefficient (Wildman–Crippen LogP) is 1.25. The van der Waals surface area contributed by atoms with Gasteiger partial charge in [0, 0.05) is 38.8 Å². The number of nitrogens with zero attached hydrogens (tertiary/aromatic N) is 2. The summed E-state index contributed by atoms with van der Waals surface area (Å²) in [4.78, 5) is 26.7. The molecular formula is C12H20N2O3. The second kappa shape index (κ2) is 5.70. The van der Waals surface area contributed by atoms with Crippen LogP contribution in [0.2, 0.25) is 0 Å². The summed E-state index contributed by atoms with van der Waals surface area (Å²) in [6, 6.07) is 0. The van der Waals surface area contributed by atoms with Gasteiger partial charge < -0.3 is 14.5 Å². The molecule has 0 radical (unpaired) electrons. The Morgan fingerprint density at radius 1 is 1.47 bits per heavy atom. The van der Waals surface area contributed by atoms with Crippen molar-refractivity contribution in [3.8, 4) is 0 Å². The molecule has 0 aliphatic carbocycles. The number of likely N-dealkylation sites (tertiary alicyclic amines) is 1. The first kappa shape index (κ1) is 13.5. The summed E-state index contributed by atoms with van der Waals surface area (Å²) in [7, 11) is 3.71. The largest absolute Gasteiger partial charge is 0.447 e. The first-order valence-corrected chi connectivity index (χ1v) is 5.76. The Morgan fingerprint density at radius 2 is 2.12 bits per heavy atom. The fraction of sp³-hybridized carbons (Fsp3) is 0.667. The number of hydrogen-bond donors (Lipinski definition) is 0. The topological polar surface area (TPSA) is 49.9 Å². The van der Waals surface area contributed by atoms with Crippen molar-refractivity contribution in [1.29, 1.82) is 0 Å². The Morgan fingerprint density at radius 3 is 2.65 bits per heavy atom. The van der Waals surface area contributed by atoms with Gasteiger partial charge in [0.05, 0.1) is 12.6 Å². The first-order valence-electron chi connectivity index (χ1n) is 5.76. The molecule has 5 nitrogen and oxygen atoms in total. The lowest BCUT2D eigenvalue weighted by Crippen LogP contribution is -2.41. The van der Waals surface area contributed by atoms with Crippen molar-refractivity contribution in [1.82, 2.24) is 9.80 Å². The molecule has 5 heteroatoms. The van der Waals surface area contributed by atoms with Crippen molar-refractivity contribution in [2.45, 2.75) is 26.4 Å². The number of amides is 1. The molecule has 0 spiro atoms. The molecular weight excluding hydrogens is 220 g/mol. The molecule has 1 aliphatic rings. The number of ether oxygens (including phenoxy) is 1. The van der Waals surface area contributed by atoms with Crippen molar-refractivity contribution in [3.63, 3.8) is 0 Å². The lowest BCUT2D eigenvalue weighted by atomic mass is 10.0. The van der Waals surface area contributed by atoms with Gasteiger partial charge in [-0.25, -0.2) is 4.79 Å². The molecule has 0 N–H and O–H groups in total. The molecule has 17 heavy (non-hydrogen) atoms.